The SMILES string of the molecule is OCC1C(O)CC(NC2Cc3ccccc3C2)C1Cc1ccnc(-c2cccnc2)n1. The van der Waals surface area contributed by atoms with Gasteiger partial charge in [0.05, 0.1) is 6.10 Å². The number of fused-ring (bicyclic) bond motifs is 1. The van der Waals surface area contributed by atoms with Crippen molar-refractivity contribution in [3.8, 4) is 11.4 Å². The normalized spacial score (nSPS) is 25.6. The summed E-state index contributed by atoms with van der Waals surface area (Å²) in [7, 11) is 0. The fraction of sp³-hybridized carbons (Fsp3) is 0.400. The van der Waals surface area contributed by atoms with Crippen molar-refractivity contribution in [2.45, 2.75) is 43.9 Å². The van der Waals surface area contributed by atoms with E-state index in [0.717, 1.165) is 24.1 Å². The van der Waals surface area contributed by atoms with Crippen molar-refractivity contribution >= 4 is 0 Å². The first-order valence-electron chi connectivity index (χ1n) is 11.1. The summed E-state index contributed by atoms with van der Waals surface area (Å²) in [5.74, 6) is 0.610. The maximum Gasteiger partial charge on any atom is 0.160 e. The van der Waals surface area contributed by atoms with Crippen molar-refractivity contribution in [3.63, 3.8) is 0 Å². The summed E-state index contributed by atoms with van der Waals surface area (Å²) in [5.41, 5.74) is 4.62. The van der Waals surface area contributed by atoms with E-state index in [-0.39, 0.29) is 24.5 Å². The summed E-state index contributed by atoms with van der Waals surface area (Å²) >= 11 is 0. The molecule has 3 N–H and O–H groups in total. The van der Waals surface area contributed by atoms with Crippen LogP contribution in [-0.2, 0) is 19.3 Å². The minimum Gasteiger partial charge on any atom is -0.396 e. The number of aromatic nitrogens is 3. The van der Waals surface area contributed by atoms with E-state index in [1.807, 2.05) is 18.2 Å². The highest BCUT2D eigenvalue weighted by molar-refractivity contribution is 5.52. The minimum atomic E-state index is -0.504. The van der Waals surface area contributed by atoms with Gasteiger partial charge in [0.15, 0.2) is 5.82 Å². The minimum absolute atomic E-state index is 0.0184. The van der Waals surface area contributed by atoms with Gasteiger partial charge in [-0.2, -0.15) is 0 Å². The molecular weight excluding hydrogens is 388 g/mol. The van der Waals surface area contributed by atoms with Gasteiger partial charge in [0.1, 0.15) is 0 Å². The lowest BCUT2D eigenvalue weighted by Crippen LogP contribution is -2.43. The molecule has 2 aliphatic rings. The lowest BCUT2D eigenvalue weighted by molar-refractivity contribution is 0.0715. The summed E-state index contributed by atoms with van der Waals surface area (Å²) in [4.78, 5) is 13.3. The second-order valence-electron chi connectivity index (χ2n) is 8.78. The number of aliphatic hydroxyl groups is 2. The number of aliphatic hydroxyl groups excluding tert-OH is 2. The summed E-state index contributed by atoms with van der Waals surface area (Å²) in [6.07, 6.45) is 8.14. The summed E-state index contributed by atoms with van der Waals surface area (Å²) < 4.78 is 0. The Balaban J connectivity index is 1.33. The van der Waals surface area contributed by atoms with Crippen molar-refractivity contribution in [1.82, 2.24) is 20.3 Å². The van der Waals surface area contributed by atoms with Gasteiger partial charge in [-0.25, -0.2) is 9.97 Å². The molecule has 0 radical (unpaired) electrons. The number of nitrogens with zero attached hydrogens (tertiary/aromatic N) is 3. The monoisotopic (exact) mass is 416 g/mol. The molecule has 0 amide bonds. The molecule has 6 heteroatoms. The summed E-state index contributed by atoms with van der Waals surface area (Å²) in [6, 6.07) is 14.9. The zero-order valence-electron chi connectivity index (χ0n) is 17.4. The molecule has 0 aliphatic heterocycles. The number of pyridine rings is 1. The largest absolute Gasteiger partial charge is 0.396 e. The highest BCUT2D eigenvalue weighted by Crippen LogP contribution is 2.36. The Morgan fingerprint density at radius 2 is 1.77 bits per heavy atom. The molecule has 1 saturated carbocycles. The van der Waals surface area contributed by atoms with Crippen LogP contribution in [0.4, 0.5) is 0 Å². The number of rotatable bonds is 6. The maximum atomic E-state index is 10.6. The molecule has 1 aromatic carbocycles. The lowest BCUT2D eigenvalue weighted by Gasteiger charge is -2.27. The van der Waals surface area contributed by atoms with Crippen LogP contribution in [0.3, 0.4) is 0 Å². The Kier molecular flexibility index (Phi) is 5.76. The second-order valence-corrected chi connectivity index (χ2v) is 8.78. The van der Waals surface area contributed by atoms with Gasteiger partial charge in [0.25, 0.3) is 0 Å². The van der Waals surface area contributed by atoms with Crippen molar-refractivity contribution in [2.75, 3.05) is 6.61 Å². The fourth-order valence-corrected chi connectivity index (χ4v) is 5.30. The molecule has 6 nitrogen and oxygen atoms in total. The smallest absolute Gasteiger partial charge is 0.160 e. The first-order valence-corrected chi connectivity index (χ1v) is 11.1. The first kappa shape index (κ1) is 20.2. The molecule has 0 saturated heterocycles. The van der Waals surface area contributed by atoms with Crippen LogP contribution in [0.1, 0.15) is 23.2 Å². The van der Waals surface area contributed by atoms with Crippen LogP contribution in [0.5, 0.6) is 0 Å². The standard InChI is InChI=1S/C25H28N4O2/c30-15-22-21(12-19-7-9-27-25(29-19)18-6-3-8-26-14-18)23(13-24(22)31)28-20-10-16-4-1-2-5-17(16)11-20/h1-9,14,20-24,28,30-31H,10-13,15H2. The molecule has 2 aliphatic carbocycles. The maximum absolute atomic E-state index is 10.6. The third-order valence-corrected chi connectivity index (χ3v) is 6.85. The summed E-state index contributed by atoms with van der Waals surface area (Å²) in [6.45, 7) is -0.0184. The summed E-state index contributed by atoms with van der Waals surface area (Å²) in [5, 5.41) is 24.5. The van der Waals surface area contributed by atoms with Crippen LogP contribution in [0.15, 0.2) is 61.1 Å². The third kappa shape index (κ3) is 4.24. The van der Waals surface area contributed by atoms with Crippen LogP contribution in [0.25, 0.3) is 11.4 Å². The Morgan fingerprint density at radius 3 is 2.48 bits per heavy atom. The van der Waals surface area contributed by atoms with Gasteiger partial charge >= 0.3 is 0 Å². The average Bonchev–Trinajstić information content (AvgIpc) is 3.34. The zero-order chi connectivity index (χ0) is 21.2. The van der Waals surface area contributed by atoms with Gasteiger partial charge in [-0.3, -0.25) is 4.98 Å². The molecule has 0 spiro atoms. The predicted octanol–water partition coefficient (Wildman–Crippen LogP) is 2.20. The lowest BCUT2D eigenvalue weighted by atomic mass is 9.88. The first-order chi connectivity index (χ1) is 15.2. The third-order valence-electron chi connectivity index (χ3n) is 6.85. The number of hydrogen-bond acceptors (Lipinski definition) is 6. The van der Waals surface area contributed by atoms with E-state index in [9.17, 15) is 10.2 Å². The molecular formula is C25H28N4O2. The second kappa shape index (κ2) is 8.83. The molecule has 31 heavy (non-hydrogen) atoms. The highest BCUT2D eigenvalue weighted by Gasteiger charge is 2.43. The number of nitrogens with one attached hydrogen (secondary N) is 1. The van der Waals surface area contributed by atoms with Crippen molar-refractivity contribution in [1.29, 1.82) is 0 Å². The van der Waals surface area contributed by atoms with Gasteiger partial charge < -0.3 is 15.5 Å². The van der Waals surface area contributed by atoms with Crippen LogP contribution in [0.2, 0.25) is 0 Å². The Hall–Kier alpha value is -2.67. The van der Waals surface area contributed by atoms with E-state index in [4.69, 9.17) is 4.98 Å². The predicted molar refractivity (Wildman–Crippen MR) is 118 cm³/mol. The van der Waals surface area contributed by atoms with Crippen molar-refractivity contribution in [2.24, 2.45) is 11.8 Å². The van der Waals surface area contributed by atoms with E-state index in [1.165, 1.54) is 11.1 Å². The van der Waals surface area contributed by atoms with Crippen LogP contribution < -0.4 is 5.32 Å². The Bertz CT molecular complexity index is 1000. The molecule has 4 unspecified atom stereocenters. The van der Waals surface area contributed by atoms with Gasteiger partial charge in [-0.1, -0.05) is 24.3 Å². The molecule has 0 bridgehead atoms. The Labute approximate surface area is 182 Å². The molecule has 4 atom stereocenters. The van der Waals surface area contributed by atoms with Crippen LogP contribution >= 0.6 is 0 Å². The van der Waals surface area contributed by atoms with E-state index < -0.39 is 6.10 Å². The van der Waals surface area contributed by atoms with E-state index in [2.05, 4.69) is 39.6 Å². The number of benzene rings is 1. The zero-order valence-corrected chi connectivity index (χ0v) is 17.4. The molecule has 2 heterocycles. The molecule has 5 rings (SSSR count). The molecule has 3 aromatic rings. The van der Waals surface area contributed by atoms with E-state index >= 15 is 0 Å². The van der Waals surface area contributed by atoms with E-state index in [0.29, 0.717) is 24.7 Å². The highest BCUT2D eigenvalue weighted by atomic mass is 16.3. The van der Waals surface area contributed by atoms with Gasteiger partial charge in [0.2, 0.25) is 0 Å². The Morgan fingerprint density at radius 1 is 0.968 bits per heavy atom. The molecule has 2 aromatic heterocycles. The topological polar surface area (TPSA) is 91.2 Å². The average molecular weight is 417 g/mol. The van der Waals surface area contributed by atoms with Gasteiger partial charge in [-0.15, -0.1) is 0 Å². The van der Waals surface area contributed by atoms with Gasteiger partial charge in [-0.05, 0) is 60.9 Å². The van der Waals surface area contributed by atoms with Gasteiger partial charge in [0, 0.05) is 54.5 Å². The molecule has 1 fully saturated rings. The van der Waals surface area contributed by atoms with Crippen molar-refractivity contribution < 1.29 is 10.2 Å². The van der Waals surface area contributed by atoms with Crippen molar-refractivity contribution in [3.05, 3.63) is 77.9 Å². The quantitative estimate of drug-likeness (QED) is 0.571. The number of hydrogen-bond donors (Lipinski definition) is 3. The van der Waals surface area contributed by atoms with Crippen LogP contribution in [0, 0.1) is 11.8 Å². The molecule has 160 valence electrons. The van der Waals surface area contributed by atoms with E-state index in [1.54, 1.807) is 18.6 Å². The fourth-order valence-electron chi connectivity index (χ4n) is 5.30. The van der Waals surface area contributed by atoms with Crippen LogP contribution in [-0.4, -0.2) is 50.0 Å².